The molecule has 1 saturated carbocycles. The molecule has 0 amide bonds. The molecule has 2 fully saturated rings. The molecule has 1 saturated heterocycles. The molecule has 0 spiro atoms. The second-order valence-electron chi connectivity index (χ2n) is 6.58. The molecule has 1 aliphatic heterocycles. The highest BCUT2D eigenvalue weighted by Gasteiger charge is 2.45. The summed E-state index contributed by atoms with van der Waals surface area (Å²) in [5, 5.41) is 3.44. The number of hydrogen-bond donors (Lipinski definition) is 1. The molecule has 104 valence electrons. The van der Waals surface area contributed by atoms with Gasteiger partial charge in [-0.05, 0) is 29.9 Å². The largest absolute Gasteiger partial charge is 0.314 e. The molecule has 1 aromatic carbocycles. The van der Waals surface area contributed by atoms with E-state index in [4.69, 9.17) is 0 Å². The molecule has 0 aromatic heterocycles. The first kappa shape index (κ1) is 13.1. The van der Waals surface area contributed by atoms with Crippen LogP contribution in [-0.4, -0.2) is 37.6 Å². The second-order valence-corrected chi connectivity index (χ2v) is 6.58. The summed E-state index contributed by atoms with van der Waals surface area (Å²) in [6.45, 7) is 10.5. The Labute approximate surface area is 117 Å². The summed E-state index contributed by atoms with van der Waals surface area (Å²) in [4.78, 5) is 2.64. The molecule has 0 unspecified atom stereocenters. The Morgan fingerprint density at radius 2 is 1.74 bits per heavy atom. The van der Waals surface area contributed by atoms with Crippen molar-refractivity contribution in [1.82, 2.24) is 10.2 Å². The zero-order valence-electron chi connectivity index (χ0n) is 12.3. The van der Waals surface area contributed by atoms with Crippen LogP contribution in [-0.2, 0) is 5.41 Å². The van der Waals surface area contributed by atoms with E-state index in [0.717, 1.165) is 13.1 Å². The predicted octanol–water partition coefficient (Wildman–Crippen LogP) is 2.75. The predicted molar refractivity (Wildman–Crippen MR) is 80.8 cm³/mol. The minimum absolute atomic E-state index is 0.479. The van der Waals surface area contributed by atoms with Gasteiger partial charge in [0.1, 0.15) is 0 Å². The lowest BCUT2D eigenvalue weighted by atomic mass is 9.92. The van der Waals surface area contributed by atoms with E-state index in [0.29, 0.717) is 11.3 Å². The third kappa shape index (κ3) is 2.85. The molecule has 2 heteroatoms. The highest BCUT2D eigenvalue weighted by Crippen LogP contribution is 2.48. The molecule has 0 bridgehead atoms. The van der Waals surface area contributed by atoms with E-state index in [1.165, 1.54) is 38.0 Å². The number of nitrogens with one attached hydrogen (secondary N) is 1. The van der Waals surface area contributed by atoms with Gasteiger partial charge in [-0.25, -0.2) is 0 Å². The number of rotatable bonds is 4. The van der Waals surface area contributed by atoms with Crippen molar-refractivity contribution in [1.29, 1.82) is 0 Å². The van der Waals surface area contributed by atoms with Crippen molar-refractivity contribution in [2.75, 3.05) is 32.7 Å². The van der Waals surface area contributed by atoms with Gasteiger partial charge in [-0.2, -0.15) is 0 Å². The maximum atomic E-state index is 3.44. The Balaban J connectivity index is 1.69. The molecule has 3 rings (SSSR count). The van der Waals surface area contributed by atoms with Crippen molar-refractivity contribution in [3.63, 3.8) is 0 Å². The van der Waals surface area contributed by atoms with Crippen molar-refractivity contribution < 1.29 is 0 Å². The molecule has 0 radical (unpaired) electrons. The van der Waals surface area contributed by atoms with Gasteiger partial charge in [-0.1, -0.05) is 38.1 Å². The molecular weight excluding hydrogens is 232 g/mol. The molecule has 1 heterocycles. The van der Waals surface area contributed by atoms with Crippen LogP contribution in [0.4, 0.5) is 0 Å². The van der Waals surface area contributed by atoms with E-state index in [2.05, 4.69) is 48.3 Å². The van der Waals surface area contributed by atoms with Gasteiger partial charge in [0.2, 0.25) is 0 Å². The van der Waals surface area contributed by atoms with Gasteiger partial charge < -0.3 is 5.32 Å². The van der Waals surface area contributed by atoms with Crippen molar-refractivity contribution in [2.45, 2.75) is 38.0 Å². The molecule has 2 nitrogen and oxygen atoms in total. The van der Waals surface area contributed by atoms with Crippen LogP contribution in [0.25, 0.3) is 0 Å². The Morgan fingerprint density at radius 3 is 2.26 bits per heavy atom. The Kier molecular flexibility index (Phi) is 3.64. The van der Waals surface area contributed by atoms with Crippen molar-refractivity contribution in [3.05, 3.63) is 35.4 Å². The third-order valence-electron chi connectivity index (χ3n) is 4.78. The average molecular weight is 258 g/mol. The minimum Gasteiger partial charge on any atom is -0.314 e. The summed E-state index contributed by atoms with van der Waals surface area (Å²) in [5.74, 6) is 0.636. The summed E-state index contributed by atoms with van der Waals surface area (Å²) in [6, 6.07) is 9.42. The monoisotopic (exact) mass is 258 g/mol. The number of hydrogen-bond acceptors (Lipinski definition) is 2. The molecule has 1 aliphatic carbocycles. The standard InChI is InChI=1S/C17H26N2/c1-14(2)15-3-5-16(6-4-15)17(7-8-17)13-19-11-9-18-10-12-19/h3-6,14,18H,7-13H2,1-2H3. The van der Waals surface area contributed by atoms with Crippen LogP contribution in [0.3, 0.4) is 0 Å². The molecule has 0 atom stereocenters. The highest BCUT2D eigenvalue weighted by molar-refractivity contribution is 5.35. The maximum Gasteiger partial charge on any atom is 0.0108 e. The molecular formula is C17H26N2. The van der Waals surface area contributed by atoms with Crippen LogP contribution in [0.15, 0.2) is 24.3 Å². The summed E-state index contributed by atoms with van der Waals surface area (Å²) in [7, 11) is 0. The molecule has 1 N–H and O–H groups in total. The smallest absolute Gasteiger partial charge is 0.0108 e. The highest BCUT2D eigenvalue weighted by atomic mass is 15.2. The lowest BCUT2D eigenvalue weighted by Crippen LogP contribution is -2.46. The summed E-state index contributed by atoms with van der Waals surface area (Å²) in [5.41, 5.74) is 3.50. The lowest BCUT2D eigenvalue weighted by molar-refractivity contribution is 0.221. The Bertz CT molecular complexity index is 411. The van der Waals surface area contributed by atoms with Crippen LogP contribution in [0, 0.1) is 0 Å². The van der Waals surface area contributed by atoms with Crippen LogP contribution < -0.4 is 5.32 Å². The number of benzene rings is 1. The second kappa shape index (κ2) is 5.26. The van der Waals surface area contributed by atoms with Crippen LogP contribution in [0.5, 0.6) is 0 Å². The summed E-state index contributed by atoms with van der Waals surface area (Å²) >= 11 is 0. The topological polar surface area (TPSA) is 15.3 Å². The SMILES string of the molecule is CC(C)c1ccc(C2(CN3CCNCC3)CC2)cc1. The number of nitrogens with zero attached hydrogens (tertiary/aromatic N) is 1. The normalized spacial score (nSPS) is 22.7. The zero-order valence-corrected chi connectivity index (χ0v) is 12.3. The van der Waals surface area contributed by atoms with Gasteiger partial charge in [0, 0.05) is 38.1 Å². The quantitative estimate of drug-likeness (QED) is 0.893. The minimum atomic E-state index is 0.479. The van der Waals surface area contributed by atoms with E-state index in [1.54, 1.807) is 5.56 Å². The maximum absolute atomic E-state index is 3.44. The molecule has 1 aromatic rings. The first-order valence-electron chi connectivity index (χ1n) is 7.73. The third-order valence-corrected chi connectivity index (χ3v) is 4.78. The van der Waals surface area contributed by atoms with Crippen LogP contribution in [0.2, 0.25) is 0 Å². The van der Waals surface area contributed by atoms with Crippen molar-refractivity contribution in [2.24, 2.45) is 0 Å². The fourth-order valence-electron chi connectivity index (χ4n) is 3.21. The van der Waals surface area contributed by atoms with E-state index in [9.17, 15) is 0 Å². The van der Waals surface area contributed by atoms with Gasteiger partial charge in [0.25, 0.3) is 0 Å². The van der Waals surface area contributed by atoms with Gasteiger partial charge in [-0.15, -0.1) is 0 Å². The lowest BCUT2D eigenvalue weighted by Gasteiger charge is -2.31. The molecule has 2 aliphatic rings. The van der Waals surface area contributed by atoms with E-state index in [-0.39, 0.29) is 0 Å². The first-order chi connectivity index (χ1) is 9.20. The van der Waals surface area contributed by atoms with E-state index >= 15 is 0 Å². The van der Waals surface area contributed by atoms with Gasteiger partial charge in [0.15, 0.2) is 0 Å². The fraction of sp³-hybridized carbons (Fsp3) is 0.647. The number of piperazine rings is 1. The van der Waals surface area contributed by atoms with E-state index in [1.807, 2.05) is 0 Å². The summed E-state index contributed by atoms with van der Waals surface area (Å²) < 4.78 is 0. The van der Waals surface area contributed by atoms with Gasteiger partial charge in [-0.3, -0.25) is 4.90 Å². The summed E-state index contributed by atoms with van der Waals surface area (Å²) in [6.07, 6.45) is 2.75. The van der Waals surface area contributed by atoms with Gasteiger partial charge >= 0.3 is 0 Å². The average Bonchev–Trinajstić information content (AvgIpc) is 3.21. The van der Waals surface area contributed by atoms with Crippen LogP contribution in [0.1, 0.15) is 43.7 Å². The first-order valence-corrected chi connectivity index (χ1v) is 7.73. The van der Waals surface area contributed by atoms with Gasteiger partial charge in [0.05, 0.1) is 0 Å². The van der Waals surface area contributed by atoms with Crippen molar-refractivity contribution >= 4 is 0 Å². The van der Waals surface area contributed by atoms with Crippen molar-refractivity contribution in [3.8, 4) is 0 Å². The Morgan fingerprint density at radius 1 is 1.11 bits per heavy atom. The van der Waals surface area contributed by atoms with Crippen LogP contribution >= 0.6 is 0 Å². The van der Waals surface area contributed by atoms with E-state index < -0.39 is 0 Å². The zero-order chi connectivity index (χ0) is 13.3. The fourth-order valence-corrected chi connectivity index (χ4v) is 3.21. The Hall–Kier alpha value is -0.860. The molecule has 19 heavy (non-hydrogen) atoms.